The molecule has 4 rings (SSSR count). The molecule has 30 heavy (non-hydrogen) atoms. The lowest BCUT2D eigenvalue weighted by Crippen LogP contribution is -2.18. The summed E-state index contributed by atoms with van der Waals surface area (Å²) in [6.45, 7) is 1.91. The molecule has 0 bridgehead atoms. The fourth-order valence-electron chi connectivity index (χ4n) is 2.81. The number of amides is 2. The van der Waals surface area contributed by atoms with Crippen LogP contribution in [0.15, 0.2) is 52.4 Å². The first-order valence-electron chi connectivity index (χ1n) is 8.83. The maximum absolute atomic E-state index is 12.5. The molecule has 0 saturated carbocycles. The minimum atomic E-state index is -0.610. The summed E-state index contributed by atoms with van der Waals surface area (Å²) in [4.78, 5) is 46.0. The van der Waals surface area contributed by atoms with Gasteiger partial charge in [0.05, 0.1) is 16.7 Å². The summed E-state index contributed by atoms with van der Waals surface area (Å²) in [6.07, 6.45) is 0. The average molecular weight is 457 g/mol. The van der Waals surface area contributed by atoms with E-state index >= 15 is 0 Å². The molecular weight excluding hydrogens is 440 g/mol. The van der Waals surface area contributed by atoms with Gasteiger partial charge in [0.1, 0.15) is 9.83 Å². The zero-order chi connectivity index (χ0) is 21.3. The Bertz CT molecular complexity index is 1310. The fraction of sp³-hybridized carbons (Fsp3) is 0.100. The standard InChI is InChI=1S/C20H16N4O3S3/c1-10-7-13-17(27)23-20(24-19(13)29-10)28-9-15(25)22-18-12(16(21)26)8-14(30-18)11-5-3-2-4-6-11/h2-8H,9H2,1H3,(H2,21,26)(H,22,25)(H,23,24,27). The van der Waals surface area contributed by atoms with Crippen LogP contribution in [0.4, 0.5) is 5.00 Å². The molecule has 0 atom stereocenters. The van der Waals surface area contributed by atoms with Gasteiger partial charge in [-0.2, -0.15) is 0 Å². The third-order valence-electron chi connectivity index (χ3n) is 4.15. The highest BCUT2D eigenvalue weighted by atomic mass is 32.2. The molecule has 3 heterocycles. The normalized spacial score (nSPS) is 11.0. The van der Waals surface area contributed by atoms with Crippen LogP contribution < -0.4 is 16.6 Å². The number of nitrogens with two attached hydrogens (primary N) is 1. The van der Waals surface area contributed by atoms with E-state index in [1.54, 1.807) is 12.1 Å². The average Bonchev–Trinajstić information content (AvgIpc) is 3.30. The first-order valence-corrected chi connectivity index (χ1v) is 11.4. The third-order valence-corrected chi connectivity index (χ3v) is 7.07. The van der Waals surface area contributed by atoms with Crippen molar-refractivity contribution >= 4 is 61.5 Å². The number of hydrogen-bond donors (Lipinski definition) is 3. The number of nitrogens with one attached hydrogen (secondary N) is 2. The van der Waals surface area contributed by atoms with Gasteiger partial charge in [0.25, 0.3) is 11.5 Å². The monoisotopic (exact) mass is 456 g/mol. The van der Waals surface area contributed by atoms with Crippen molar-refractivity contribution < 1.29 is 9.59 Å². The lowest BCUT2D eigenvalue weighted by molar-refractivity contribution is -0.113. The molecule has 1 aromatic carbocycles. The number of anilines is 1. The molecule has 0 saturated heterocycles. The van der Waals surface area contributed by atoms with Crippen LogP contribution in [0.1, 0.15) is 15.2 Å². The Hall–Kier alpha value is -2.95. The molecule has 4 aromatic rings. The predicted octanol–water partition coefficient (Wildman–Crippen LogP) is 3.85. The van der Waals surface area contributed by atoms with Gasteiger partial charge in [0, 0.05) is 9.75 Å². The maximum Gasteiger partial charge on any atom is 0.260 e. The number of primary amides is 1. The predicted molar refractivity (Wildman–Crippen MR) is 123 cm³/mol. The van der Waals surface area contributed by atoms with Crippen molar-refractivity contribution in [2.24, 2.45) is 5.73 Å². The van der Waals surface area contributed by atoms with Crippen molar-refractivity contribution in [3.63, 3.8) is 0 Å². The number of aryl methyl sites for hydroxylation is 1. The molecule has 0 aliphatic heterocycles. The summed E-state index contributed by atoms with van der Waals surface area (Å²) < 4.78 is 0. The van der Waals surface area contributed by atoms with Crippen molar-refractivity contribution in [3.8, 4) is 10.4 Å². The molecule has 7 nitrogen and oxygen atoms in total. The molecule has 0 spiro atoms. The number of thioether (sulfide) groups is 1. The Morgan fingerprint density at radius 1 is 1.20 bits per heavy atom. The molecule has 3 aromatic heterocycles. The number of fused-ring (bicyclic) bond motifs is 1. The first-order chi connectivity index (χ1) is 14.4. The molecule has 0 aliphatic carbocycles. The van der Waals surface area contributed by atoms with E-state index in [4.69, 9.17) is 5.73 Å². The maximum atomic E-state index is 12.5. The molecule has 152 valence electrons. The quantitative estimate of drug-likeness (QED) is 0.301. The van der Waals surface area contributed by atoms with Crippen molar-refractivity contribution in [2.45, 2.75) is 12.1 Å². The van der Waals surface area contributed by atoms with Crippen LogP contribution in [0.3, 0.4) is 0 Å². The van der Waals surface area contributed by atoms with Crippen LogP contribution in [0.5, 0.6) is 0 Å². The van der Waals surface area contributed by atoms with Gasteiger partial charge in [-0.1, -0.05) is 42.1 Å². The number of carbonyl (C=O) groups excluding carboxylic acids is 2. The number of benzene rings is 1. The van der Waals surface area contributed by atoms with Gasteiger partial charge in [-0.3, -0.25) is 14.4 Å². The van der Waals surface area contributed by atoms with E-state index in [2.05, 4.69) is 15.3 Å². The fourth-order valence-corrected chi connectivity index (χ4v) is 5.49. The second kappa shape index (κ2) is 8.42. The Kier molecular flexibility index (Phi) is 5.71. The molecule has 0 aliphatic rings. The zero-order valence-electron chi connectivity index (χ0n) is 15.7. The Morgan fingerprint density at radius 3 is 2.70 bits per heavy atom. The van der Waals surface area contributed by atoms with Crippen molar-refractivity contribution in [3.05, 3.63) is 63.3 Å². The SMILES string of the molecule is Cc1cc2c(=O)[nH]c(SCC(=O)Nc3sc(-c4ccccc4)cc3C(N)=O)nc2s1. The third kappa shape index (κ3) is 4.30. The van der Waals surface area contributed by atoms with Gasteiger partial charge in [-0.15, -0.1) is 22.7 Å². The summed E-state index contributed by atoms with van der Waals surface area (Å²) in [7, 11) is 0. The van der Waals surface area contributed by atoms with Gasteiger partial charge < -0.3 is 16.0 Å². The van der Waals surface area contributed by atoms with Crippen molar-refractivity contribution in [1.29, 1.82) is 0 Å². The molecule has 4 N–H and O–H groups in total. The van der Waals surface area contributed by atoms with E-state index in [9.17, 15) is 14.4 Å². The van der Waals surface area contributed by atoms with Crippen LogP contribution in [-0.4, -0.2) is 27.5 Å². The number of rotatable bonds is 6. The Morgan fingerprint density at radius 2 is 1.97 bits per heavy atom. The number of aromatic amines is 1. The molecule has 0 radical (unpaired) electrons. The van der Waals surface area contributed by atoms with Crippen LogP contribution in [-0.2, 0) is 4.79 Å². The van der Waals surface area contributed by atoms with Gasteiger partial charge in [0.2, 0.25) is 5.91 Å². The van der Waals surface area contributed by atoms with E-state index in [1.807, 2.05) is 37.3 Å². The molecule has 10 heteroatoms. The van der Waals surface area contributed by atoms with E-state index in [0.29, 0.717) is 20.4 Å². The van der Waals surface area contributed by atoms with Gasteiger partial charge in [-0.05, 0) is 24.6 Å². The molecule has 0 fully saturated rings. The summed E-state index contributed by atoms with van der Waals surface area (Å²) in [5, 5.41) is 4.07. The van der Waals surface area contributed by atoms with Crippen LogP contribution in [0.2, 0.25) is 0 Å². The van der Waals surface area contributed by atoms with E-state index in [1.165, 1.54) is 22.7 Å². The number of nitrogens with zero attached hydrogens (tertiary/aromatic N) is 1. The molecule has 2 amide bonds. The van der Waals surface area contributed by atoms with Crippen LogP contribution in [0, 0.1) is 6.92 Å². The van der Waals surface area contributed by atoms with E-state index in [0.717, 1.165) is 27.1 Å². The van der Waals surface area contributed by atoms with Gasteiger partial charge in [-0.25, -0.2) is 4.98 Å². The zero-order valence-corrected chi connectivity index (χ0v) is 18.2. The van der Waals surface area contributed by atoms with Gasteiger partial charge in [0.15, 0.2) is 5.16 Å². The number of carbonyl (C=O) groups is 2. The number of H-pyrrole nitrogens is 1. The number of hydrogen-bond acceptors (Lipinski definition) is 7. The van der Waals surface area contributed by atoms with Gasteiger partial charge >= 0.3 is 0 Å². The van der Waals surface area contributed by atoms with Crippen molar-refractivity contribution in [2.75, 3.05) is 11.1 Å². The second-order valence-electron chi connectivity index (χ2n) is 6.37. The summed E-state index contributed by atoms with van der Waals surface area (Å²) in [5.74, 6) is -0.912. The molecule has 0 unspecified atom stereocenters. The van der Waals surface area contributed by atoms with Crippen LogP contribution in [0.25, 0.3) is 20.7 Å². The first kappa shape index (κ1) is 20.3. The molecular formula is C20H16N4O3S3. The minimum absolute atomic E-state index is 0.0234. The highest BCUT2D eigenvalue weighted by Gasteiger charge is 2.17. The lowest BCUT2D eigenvalue weighted by atomic mass is 10.1. The summed E-state index contributed by atoms with van der Waals surface area (Å²) in [5.41, 5.74) is 6.45. The minimum Gasteiger partial charge on any atom is -0.366 e. The van der Waals surface area contributed by atoms with Crippen LogP contribution >= 0.6 is 34.4 Å². The highest BCUT2D eigenvalue weighted by molar-refractivity contribution is 7.99. The lowest BCUT2D eigenvalue weighted by Gasteiger charge is -2.04. The smallest absolute Gasteiger partial charge is 0.260 e. The second-order valence-corrected chi connectivity index (χ2v) is 9.62. The van der Waals surface area contributed by atoms with E-state index in [-0.39, 0.29) is 22.8 Å². The topological polar surface area (TPSA) is 118 Å². The summed E-state index contributed by atoms with van der Waals surface area (Å²) in [6, 6.07) is 13.0. The number of thiophene rings is 2. The Balaban J connectivity index is 1.49. The largest absolute Gasteiger partial charge is 0.366 e. The van der Waals surface area contributed by atoms with E-state index < -0.39 is 5.91 Å². The highest BCUT2D eigenvalue weighted by Crippen LogP contribution is 2.35. The summed E-state index contributed by atoms with van der Waals surface area (Å²) >= 11 is 3.83. The van der Waals surface area contributed by atoms with Crippen molar-refractivity contribution in [1.82, 2.24) is 9.97 Å². The Labute approximate surface area is 183 Å². The number of aromatic nitrogens is 2.